The van der Waals surface area contributed by atoms with E-state index in [0.717, 1.165) is 100 Å². The molecule has 2 aromatic rings. The lowest BCUT2D eigenvalue weighted by Gasteiger charge is -2.29. The van der Waals surface area contributed by atoms with Gasteiger partial charge in [-0.2, -0.15) is 0 Å². The van der Waals surface area contributed by atoms with Crippen molar-refractivity contribution >= 4 is 11.6 Å². The van der Waals surface area contributed by atoms with Crippen LogP contribution in [0.15, 0.2) is 48.5 Å². The Balaban J connectivity index is 2.32. The molecule has 0 aliphatic carbocycles. The van der Waals surface area contributed by atoms with Gasteiger partial charge in [0.2, 0.25) is 0 Å². The zero-order valence-corrected chi connectivity index (χ0v) is 30.0. The minimum Gasteiger partial charge on any atom is -0.494 e. The fourth-order valence-electron chi connectivity index (χ4n) is 6.06. The molecule has 0 heterocycles. The van der Waals surface area contributed by atoms with Gasteiger partial charge in [-0.15, -0.1) is 0 Å². The normalized spacial score (nSPS) is 12.8. The number of carbonyl (C=O) groups is 2. The van der Waals surface area contributed by atoms with Gasteiger partial charge in [-0.25, -0.2) is 0 Å². The number of hydrogen-bond donors (Lipinski definition) is 0. The maximum Gasteiger partial charge on any atom is 0.167 e. The maximum atomic E-state index is 14.1. The van der Waals surface area contributed by atoms with E-state index in [1.165, 1.54) is 0 Å². The summed E-state index contributed by atoms with van der Waals surface area (Å²) in [5, 5.41) is 0. The molecular weight excluding hydrogens is 572 g/mol. The highest BCUT2D eigenvalue weighted by molar-refractivity contribution is 5.99. The molecule has 0 N–H and O–H groups in total. The zero-order chi connectivity index (χ0) is 33.6. The molecule has 258 valence electrons. The van der Waals surface area contributed by atoms with Crippen molar-refractivity contribution in [2.45, 2.75) is 106 Å². The number of ketones is 2. The van der Waals surface area contributed by atoms with Gasteiger partial charge in [0.1, 0.15) is 11.5 Å². The Bertz CT molecular complexity index is 986. The first-order chi connectivity index (χ1) is 22.4. The molecule has 6 nitrogen and oxygen atoms in total. The predicted molar refractivity (Wildman–Crippen MR) is 193 cm³/mol. The molecule has 0 saturated heterocycles. The lowest BCUT2D eigenvalue weighted by Crippen LogP contribution is -2.37. The number of ether oxygens (including phenoxy) is 2. The van der Waals surface area contributed by atoms with E-state index in [1.54, 1.807) is 0 Å². The van der Waals surface area contributed by atoms with Gasteiger partial charge in [-0.1, -0.05) is 54.4 Å². The molecule has 0 aliphatic rings. The lowest BCUT2D eigenvalue weighted by molar-refractivity contribution is 0.0808. The van der Waals surface area contributed by atoms with Crippen LogP contribution in [0.5, 0.6) is 11.5 Å². The summed E-state index contributed by atoms with van der Waals surface area (Å²) >= 11 is 0. The van der Waals surface area contributed by atoms with Gasteiger partial charge in [-0.3, -0.25) is 9.59 Å². The first kappa shape index (κ1) is 39.5. The molecule has 0 fully saturated rings. The first-order valence-corrected chi connectivity index (χ1v) is 18.4. The topological polar surface area (TPSA) is 59.1 Å². The van der Waals surface area contributed by atoms with Crippen LogP contribution in [0.3, 0.4) is 0 Å². The van der Waals surface area contributed by atoms with Crippen LogP contribution in [-0.4, -0.2) is 73.8 Å². The lowest BCUT2D eigenvalue weighted by atomic mass is 9.85. The van der Waals surface area contributed by atoms with Gasteiger partial charge in [0.25, 0.3) is 0 Å². The third-order valence-corrected chi connectivity index (χ3v) is 8.53. The van der Waals surface area contributed by atoms with Crippen molar-refractivity contribution in [3.05, 3.63) is 59.7 Å². The Morgan fingerprint density at radius 1 is 0.522 bits per heavy atom. The molecule has 0 aliphatic heterocycles. The van der Waals surface area contributed by atoms with Gasteiger partial charge in [0.05, 0.1) is 13.2 Å². The number of benzene rings is 2. The number of rotatable bonds is 27. The molecule has 0 spiro atoms. The smallest absolute Gasteiger partial charge is 0.167 e. The second kappa shape index (κ2) is 23.6. The van der Waals surface area contributed by atoms with Gasteiger partial charge >= 0.3 is 0 Å². The van der Waals surface area contributed by atoms with E-state index >= 15 is 0 Å². The van der Waals surface area contributed by atoms with Crippen molar-refractivity contribution in [3.63, 3.8) is 0 Å². The van der Waals surface area contributed by atoms with Crippen LogP contribution in [0.4, 0.5) is 0 Å². The standard InChI is InChI=1S/C40H64N2O4/c1-7-13-29-45-37-21-17-33(18-22-37)39(43)35(31-41(25-9-3)26-10-4)15-16-36(32-42(27-11-5)28-12-6)40(44)34-19-23-38(24-20-34)46-30-14-8-2/h17-24,35-36H,7-16,25-32H2,1-6H3/t35-,36+. The summed E-state index contributed by atoms with van der Waals surface area (Å²) in [5.41, 5.74) is 1.45. The number of Topliss-reactive ketones (excluding diaryl/α,β-unsaturated/α-hetero) is 2. The third kappa shape index (κ3) is 14.4. The van der Waals surface area contributed by atoms with Crippen LogP contribution in [0.1, 0.15) is 126 Å². The van der Waals surface area contributed by atoms with E-state index in [4.69, 9.17) is 9.47 Å². The molecule has 2 rings (SSSR count). The molecule has 0 saturated carbocycles. The average molecular weight is 637 g/mol. The molecule has 2 atom stereocenters. The van der Waals surface area contributed by atoms with Crippen LogP contribution in [0.25, 0.3) is 0 Å². The molecule has 0 radical (unpaired) electrons. The Hall–Kier alpha value is -2.70. The van der Waals surface area contributed by atoms with Gasteiger partial charge < -0.3 is 19.3 Å². The second-order valence-electron chi connectivity index (χ2n) is 12.8. The summed E-state index contributed by atoms with van der Waals surface area (Å²) in [6.45, 7) is 19.8. The second-order valence-corrected chi connectivity index (χ2v) is 12.8. The molecule has 2 aromatic carbocycles. The number of hydrogen-bond acceptors (Lipinski definition) is 6. The molecule has 46 heavy (non-hydrogen) atoms. The summed E-state index contributed by atoms with van der Waals surface area (Å²) in [6.07, 6.45) is 9.75. The number of unbranched alkanes of at least 4 members (excludes halogenated alkanes) is 2. The minimum atomic E-state index is -0.180. The van der Waals surface area contributed by atoms with Crippen LogP contribution in [-0.2, 0) is 0 Å². The summed E-state index contributed by atoms with van der Waals surface area (Å²) in [4.78, 5) is 33.1. The maximum absolute atomic E-state index is 14.1. The Morgan fingerprint density at radius 2 is 0.848 bits per heavy atom. The quantitative estimate of drug-likeness (QED) is 0.0719. The highest BCUT2D eigenvalue weighted by Gasteiger charge is 2.28. The molecule has 6 heteroatoms. The summed E-state index contributed by atoms with van der Waals surface area (Å²) in [5.74, 6) is 1.58. The van der Waals surface area contributed by atoms with Gasteiger partial charge in [0.15, 0.2) is 11.6 Å². The van der Waals surface area contributed by atoms with Gasteiger partial charge in [-0.05, 0) is 126 Å². The van der Waals surface area contributed by atoms with Crippen molar-refractivity contribution in [1.29, 1.82) is 0 Å². The van der Waals surface area contributed by atoms with Crippen LogP contribution < -0.4 is 9.47 Å². The van der Waals surface area contributed by atoms with E-state index in [0.29, 0.717) is 39.1 Å². The molecular formula is C40H64N2O4. The van der Waals surface area contributed by atoms with E-state index in [2.05, 4.69) is 51.3 Å². The van der Waals surface area contributed by atoms with E-state index in [9.17, 15) is 9.59 Å². The van der Waals surface area contributed by atoms with Crippen molar-refractivity contribution < 1.29 is 19.1 Å². The van der Waals surface area contributed by atoms with E-state index in [1.807, 2.05) is 48.5 Å². The SMILES string of the molecule is CCCCOc1ccc(C(=O)[C@H](CC[C@@H](CN(CCC)CCC)C(=O)c2ccc(OCCCC)cc2)CN(CCC)CCC)cc1. The fraction of sp³-hybridized carbons (Fsp3) is 0.650. The summed E-state index contributed by atoms with van der Waals surface area (Å²) < 4.78 is 11.7. The zero-order valence-electron chi connectivity index (χ0n) is 30.0. The predicted octanol–water partition coefficient (Wildman–Crippen LogP) is 9.37. The monoisotopic (exact) mass is 636 g/mol. The van der Waals surface area contributed by atoms with Crippen molar-refractivity contribution in [2.75, 3.05) is 52.5 Å². The average Bonchev–Trinajstić information content (AvgIpc) is 3.06. The summed E-state index contributed by atoms with van der Waals surface area (Å²) in [6, 6.07) is 15.3. The first-order valence-electron chi connectivity index (χ1n) is 18.4. The van der Waals surface area contributed by atoms with Crippen LogP contribution in [0.2, 0.25) is 0 Å². The third-order valence-electron chi connectivity index (χ3n) is 8.53. The van der Waals surface area contributed by atoms with Gasteiger partial charge in [0, 0.05) is 36.1 Å². The van der Waals surface area contributed by atoms with Crippen molar-refractivity contribution in [1.82, 2.24) is 9.80 Å². The number of nitrogens with zero attached hydrogens (tertiary/aromatic N) is 2. The van der Waals surface area contributed by atoms with E-state index < -0.39 is 0 Å². The van der Waals surface area contributed by atoms with Crippen molar-refractivity contribution in [3.8, 4) is 11.5 Å². The Morgan fingerprint density at radius 3 is 1.13 bits per heavy atom. The highest BCUT2D eigenvalue weighted by atomic mass is 16.5. The molecule has 0 aromatic heterocycles. The molecule has 0 unspecified atom stereocenters. The Labute approximate surface area is 281 Å². The molecule has 0 amide bonds. The summed E-state index contributed by atoms with van der Waals surface area (Å²) in [7, 11) is 0. The fourth-order valence-corrected chi connectivity index (χ4v) is 6.06. The van der Waals surface area contributed by atoms with Crippen LogP contribution in [0, 0.1) is 11.8 Å². The minimum absolute atomic E-state index is 0.163. The van der Waals surface area contributed by atoms with Crippen LogP contribution >= 0.6 is 0 Å². The Kier molecular flexibility index (Phi) is 20.2. The largest absolute Gasteiger partial charge is 0.494 e. The van der Waals surface area contributed by atoms with E-state index in [-0.39, 0.29) is 23.4 Å². The van der Waals surface area contributed by atoms with Crippen molar-refractivity contribution in [2.24, 2.45) is 11.8 Å². The molecule has 0 bridgehead atoms. The number of carbonyl (C=O) groups excluding carboxylic acids is 2. The highest BCUT2D eigenvalue weighted by Crippen LogP contribution is 2.25.